The second-order valence-electron chi connectivity index (χ2n) is 9.27. The Kier molecular flexibility index (Phi) is 5.67. The number of hydrogen-bond acceptors (Lipinski definition) is 5. The lowest BCUT2D eigenvalue weighted by atomic mass is 10.0. The molecule has 4 aromatic rings. The van der Waals surface area contributed by atoms with Crippen molar-refractivity contribution in [1.82, 2.24) is 29.0 Å². The molecular weight excluding hydrogens is 454 g/mol. The van der Waals surface area contributed by atoms with Gasteiger partial charge in [-0.15, -0.1) is 0 Å². The summed E-state index contributed by atoms with van der Waals surface area (Å²) in [5, 5.41) is 4.72. The fraction of sp³-hybridized carbons (Fsp3) is 0.333. The largest absolute Gasteiger partial charge is 0.368 e. The van der Waals surface area contributed by atoms with Gasteiger partial charge in [0.15, 0.2) is 5.69 Å². The molecule has 0 N–H and O–H groups in total. The van der Waals surface area contributed by atoms with Crippen LogP contribution in [0.5, 0.6) is 0 Å². The molecule has 0 unspecified atom stereocenters. The summed E-state index contributed by atoms with van der Waals surface area (Å²) in [7, 11) is 0. The van der Waals surface area contributed by atoms with Gasteiger partial charge in [0.25, 0.3) is 11.8 Å². The van der Waals surface area contributed by atoms with Gasteiger partial charge in [-0.05, 0) is 31.2 Å². The first kappa shape index (κ1) is 22.3. The fourth-order valence-corrected chi connectivity index (χ4v) is 5.25. The first-order valence-corrected chi connectivity index (χ1v) is 12.5. The lowest BCUT2D eigenvalue weighted by molar-refractivity contribution is 0.0706. The average Bonchev–Trinajstić information content (AvgIpc) is 3.54. The summed E-state index contributed by atoms with van der Waals surface area (Å²) in [6, 6.07) is 16.0. The second-order valence-corrected chi connectivity index (χ2v) is 9.27. The summed E-state index contributed by atoms with van der Waals surface area (Å²) in [4.78, 5) is 37.4. The molecule has 2 aliphatic heterocycles. The van der Waals surface area contributed by atoms with Gasteiger partial charge in [-0.1, -0.05) is 24.3 Å². The van der Waals surface area contributed by atoms with Crippen LogP contribution in [0.25, 0.3) is 5.65 Å². The highest BCUT2D eigenvalue weighted by atomic mass is 16.2. The zero-order valence-corrected chi connectivity index (χ0v) is 20.4. The zero-order valence-electron chi connectivity index (χ0n) is 20.4. The maximum Gasteiger partial charge on any atom is 0.274 e. The third-order valence-corrected chi connectivity index (χ3v) is 7.19. The molecule has 0 saturated carbocycles. The highest BCUT2D eigenvalue weighted by molar-refractivity contribution is 5.96. The SMILES string of the molecule is CCn1nc(C(=O)N2CCN(c3ccccc3)CC2)c2c1CCN(C(=O)c1cn3ccccc3n1)C2. The number of para-hydroxylation sites is 1. The summed E-state index contributed by atoms with van der Waals surface area (Å²) in [5.41, 5.74) is 4.74. The number of pyridine rings is 1. The molecule has 9 nitrogen and oxygen atoms in total. The van der Waals surface area contributed by atoms with Gasteiger partial charge in [0.2, 0.25) is 0 Å². The van der Waals surface area contributed by atoms with Gasteiger partial charge in [0.05, 0.1) is 6.54 Å². The summed E-state index contributed by atoms with van der Waals surface area (Å²) in [6.45, 7) is 6.53. The first-order valence-electron chi connectivity index (χ1n) is 12.5. The molecule has 36 heavy (non-hydrogen) atoms. The van der Waals surface area contributed by atoms with Crippen LogP contribution in [0, 0.1) is 0 Å². The van der Waals surface area contributed by atoms with Crippen molar-refractivity contribution in [1.29, 1.82) is 0 Å². The molecule has 6 rings (SSSR count). The van der Waals surface area contributed by atoms with Gasteiger partial charge in [-0.25, -0.2) is 4.98 Å². The molecule has 3 aromatic heterocycles. The molecule has 2 amide bonds. The number of piperazine rings is 1. The maximum atomic E-state index is 13.6. The molecule has 0 aliphatic carbocycles. The Balaban J connectivity index is 1.21. The van der Waals surface area contributed by atoms with E-state index in [2.05, 4.69) is 22.0 Å². The number of aryl methyl sites for hydroxylation is 1. The van der Waals surface area contributed by atoms with Crippen molar-refractivity contribution in [2.45, 2.75) is 26.4 Å². The first-order chi connectivity index (χ1) is 17.6. The molecule has 0 atom stereocenters. The molecule has 0 radical (unpaired) electrons. The number of rotatable bonds is 4. The standard InChI is InChI=1S/C27H29N7O2/c1-2-34-23-11-13-33(26(35)22-19-32-12-7-6-10-24(32)28-22)18-21(23)25(29-34)27(36)31-16-14-30(15-17-31)20-8-4-3-5-9-20/h3-10,12,19H,2,11,13-18H2,1H3. The highest BCUT2D eigenvalue weighted by Gasteiger charge is 2.33. The number of amides is 2. The molecule has 1 fully saturated rings. The third-order valence-electron chi connectivity index (χ3n) is 7.19. The number of nitrogens with zero attached hydrogens (tertiary/aromatic N) is 7. The predicted octanol–water partition coefficient (Wildman–Crippen LogP) is 2.71. The minimum atomic E-state index is -0.122. The van der Waals surface area contributed by atoms with Crippen LogP contribution in [-0.4, -0.2) is 73.5 Å². The van der Waals surface area contributed by atoms with Crippen LogP contribution in [0.4, 0.5) is 5.69 Å². The molecule has 1 saturated heterocycles. The molecule has 5 heterocycles. The van der Waals surface area contributed by atoms with Crippen molar-refractivity contribution in [2.75, 3.05) is 37.6 Å². The van der Waals surface area contributed by atoms with Crippen molar-refractivity contribution in [2.24, 2.45) is 0 Å². The Bertz CT molecular complexity index is 1380. The van der Waals surface area contributed by atoms with Crippen LogP contribution in [0.3, 0.4) is 0 Å². The van der Waals surface area contributed by atoms with Crippen LogP contribution in [0.1, 0.15) is 39.2 Å². The van der Waals surface area contributed by atoms with Crippen molar-refractivity contribution in [3.8, 4) is 0 Å². The molecular formula is C27H29N7O2. The number of carbonyl (C=O) groups excluding carboxylic acids is 2. The molecule has 2 aliphatic rings. The zero-order chi connectivity index (χ0) is 24.6. The minimum Gasteiger partial charge on any atom is -0.368 e. The molecule has 0 spiro atoms. The van der Waals surface area contributed by atoms with Gasteiger partial charge in [0.1, 0.15) is 11.3 Å². The number of fused-ring (bicyclic) bond motifs is 2. The monoisotopic (exact) mass is 483 g/mol. The Labute approximate surface area is 209 Å². The smallest absolute Gasteiger partial charge is 0.274 e. The lowest BCUT2D eigenvalue weighted by Crippen LogP contribution is -2.49. The van der Waals surface area contributed by atoms with E-state index in [9.17, 15) is 9.59 Å². The van der Waals surface area contributed by atoms with Crippen molar-refractivity contribution in [3.63, 3.8) is 0 Å². The normalized spacial score (nSPS) is 15.9. The molecule has 0 bridgehead atoms. The summed E-state index contributed by atoms with van der Waals surface area (Å²) in [5.74, 6) is -0.170. The van der Waals surface area contributed by atoms with E-state index in [4.69, 9.17) is 5.10 Å². The quantitative estimate of drug-likeness (QED) is 0.446. The van der Waals surface area contributed by atoms with Crippen molar-refractivity contribution in [3.05, 3.63) is 83.6 Å². The van der Waals surface area contributed by atoms with E-state index < -0.39 is 0 Å². The molecule has 184 valence electrons. The number of hydrogen-bond donors (Lipinski definition) is 0. The van der Waals surface area contributed by atoms with Gasteiger partial charge in [0, 0.05) is 75.0 Å². The fourth-order valence-electron chi connectivity index (χ4n) is 5.25. The van der Waals surface area contributed by atoms with Crippen LogP contribution < -0.4 is 4.90 Å². The summed E-state index contributed by atoms with van der Waals surface area (Å²) >= 11 is 0. The number of benzene rings is 1. The predicted molar refractivity (Wildman–Crippen MR) is 136 cm³/mol. The van der Waals surface area contributed by atoms with Crippen LogP contribution >= 0.6 is 0 Å². The maximum absolute atomic E-state index is 13.6. The van der Waals surface area contributed by atoms with Gasteiger partial charge >= 0.3 is 0 Å². The molecule has 1 aromatic carbocycles. The van der Waals surface area contributed by atoms with Crippen molar-refractivity contribution >= 4 is 23.1 Å². The van der Waals surface area contributed by atoms with Crippen LogP contribution in [-0.2, 0) is 19.5 Å². The van der Waals surface area contributed by atoms with E-state index in [1.807, 2.05) is 63.5 Å². The van der Waals surface area contributed by atoms with Crippen molar-refractivity contribution < 1.29 is 9.59 Å². The summed E-state index contributed by atoms with van der Waals surface area (Å²) < 4.78 is 3.78. The highest BCUT2D eigenvalue weighted by Crippen LogP contribution is 2.26. The van der Waals surface area contributed by atoms with Gasteiger partial charge < -0.3 is 19.1 Å². The van der Waals surface area contributed by atoms with E-state index in [1.54, 1.807) is 11.1 Å². The van der Waals surface area contributed by atoms with Gasteiger partial charge in [-0.2, -0.15) is 5.10 Å². The van der Waals surface area contributed by atoms with E-state index in [0.29, 0.717) is 50.5 Å². The average molecular weight is 484 g/mol. The van der Waals surface area contributed by atoms with E-state index in [1.165, 1.54) is 5.69 Å². The lowest BCUT2D eigenvalue weighted by Gasteiger charge is -2.36. The second kappa shape index (κ2) is 9.14. The Morgan fingerprint density at radius 3 is 2.42 bits per heavy atom. The van der Waals surface area contributed by atoms with E-state index in [0.717, 1.165) is 30.0 Å². The summed E-state index contributed by atoms with van der Waals surface area (Å²) in [6.07, 6.45) is 4.32. The number of aromatic nitrogens is 4. The Morgan fingerprint density at radius 1 is 0.889 bits per heavy atom. The Morgan fingerprint density at radius 2 is 1.67 bits per heavy atom. The third kappa shape index (κ3) is 3.90. The van der Waals surface area contributed by atoms with Gasteiger partial charge in [-0.3, -0.25) is 14.3 Å². The van der Waals surface area contributed by atoms with Crippen LogP contribution in [0.15, 0.2) is 60.9 Å². The van der Waals surface area contributed by atoms with Crippen LogP contribution in [0.2, 0.25) is 0 Å². The Hall–Kier alpha value is -4.14. The van der Waals surface area contributed by atoms with E-state index >= 15 is 0 Å². The van der Waals surface area contributed by atoms with E-state index in [-0.39, 0.29) is 11.8 Å². The number of carbonyl (C=O) groups is 2. The number of imidazole rings is 1. The number of anilines is 1. The topological polar surface area (TPSA) is 79.0 Å². The molecule has 9 heteroatoms. The minimum absolute atomic E-state index is 0.0480.